The molecule has 2 N–H and O–H groups in total. The van der Waals surface area contributed by atoms with Gasteiger partial charge >= 0.3 is 0 Å². The van der Waals surface area contributed by atoms with Gasteiger partial charge in [0.05, 0.1) is 12.6 Å². The summed E-state index contributed by atoms with van der Waals surface area (Å²) in [6.07, 6.45) is 2.34. The zero-order valence-corrected chi connectivity index (χ0v) is 11.3. The Morgan fingerprint density at radius 1 is 1.45 bits per heavy atom. The average molecular weight is 271 g/mol. The predicted molar refractivity (Wildman–Crippen MR) is 73.6 cm³/mol. The quantitative estimate of drug-likeness (QED) is 0.833. The molecular formula is C14H17N5O. The van der Waals surface area contributed by atoms with Gasteiger partial charge in [0.1, 0.15) is 6.33 Å². The number of fused-ring (bicyclic) bond motifs is 1. The molecule has 3 rings (SSSR count). The number of nitrogens with one attached hydrogen (secondary N) is 2. The van der Waals surface area contributed by atoms with Crippen molar-refractivity contribution in [3.63, 3.8) is 0 Å². The number of aromatic nitrogens is 3. The third-order valence-electron chi connectivity index (χ3n) is 3.62. The van der Waals surface area contributed by atoms with Crippen LogP contribution in [0.3, 0.4) is 0 Å². The van der Waals surface area contributed by atoms with Crippen LogP contribution in [0.2, 0.25) is 0 Å². The van der Waals surface area contributed by atoms with Crippen LogP contribution in [-0.2, 0) is 31.4 Å². The first kappa shape index (κ1) is 12.8. The van der Waals surface area contributed by atoms with Crippen LogP contribution in [0.25, 0.3) is 0 Å². The fourth-order valence-corrected chi connectivity index (χ4v) is 2.40. The van der Waals surface area contributed by atoms with Gasteiger partial charge in [-0.3, -0.25) is 4.79 Å². The van der Waals surface area contributed by atoms with Crippen molar-refractivity contribution in [3.05, 3.63) is 47.5 Å². The number of rotatable bonds is 3. The first-order valence-corrected chi connectivity index (χ1v) is 6.65. The lowest BCUT2D eigenvalue weighted by atomic mass is 9.95. The normalized spacial score (nSPS) is 17.6. The SMILES string of the molecule is Cn1cnnc1CNC(=O)C1Cc2ccccc2CN1. The zero-order valence-electron chi connectivity index (χ0n) is 11.3. The van der Waals surface area contributed by atoms with Gasteiger partial charge in [0.2, 0.25) is 5.91 Å². The van der Waals surface area contributed by atoms with Gasteiger partial charge < -0.3 is 15.2 Å². The molecule has 1 aliphatic heterocycles. The Kier molecular flexibility index (Phi) is 3.47. The number of carbonyl (C=O) groups is 1. The standard InChI is InChI=1S/C14H17N5O/c1-19-9-17-18-13(19)8-16-14(20)12-6-10-4-2-3-5-11(10)7-15-12/h2-5,9,12,15H,6-8H2,1H3,(H,16,20). The molecule has 0 spiro atoms. The Hall–Kier alpha value is -2.21. The molecule has 104 valence electrons. The van der Waals surface area contributed by atoms with E-state index in [1.165, 1.54) is 11.1 Å². The summed E-state index contributed by atoms with van der Waals surface area (Å²) in [6.45, 7) is 1.13. The molecule has 0 bridgehead atoms. The highest BCUT2D eigenvalue weighted by molar-refractivity contribution is 5.82. The van der Waals surface area contributed by atoms with E-state index in [-0.39, 0.29) is 11.9 Å². The van der Waals surface area contributed by atoms with E-state index in [0.29, 0.717) is 6.54 Å². The monoisotopic (exact) mass is 271 g/mol. The molecule has 20 heavy (non-hydrogen) atoms. The average Bonchev–Trinajstić information content (AvgIpc) is 2.89. The second-order valence-corrected chi connectivity index (χ2v) is 4.98. The molecule has 6 heteroatoms. The van der Waals surface area contributed by atoms with Crippen molar-refractivity contribution >= 4 is 5.91 Å². The molecule has 0 saturated carbocycles. The summed E-state index contributed by atoms with van der Waals surface area (Å²) in [4.78, 5) is 12.2. The number of hydrogen-bond donors (Lipinski definition) is 2. The van der Waals surface area contributed by atoms with E-state index in [2.05, 4.69) is 33.0 Å². The molecular weight excluding hydrogens is 254 g/mol. The van der Waals surface area contributed by atoms with Gasteiger partial charge in [-0.15, -0.1) is 10.2 Å². The zero-order chi connectivity index (χ0) is 13.9. The second-order valence-electron chi connectivity index (χ2n) is 4.98. The van der Waals surface area contributed by atoms with E-state index >= 15 is 0 Å². The molecule has 2 aromatic rings. The molecule has 1 amide bonds. The van der Waals surface area contributed by atoms with Crippen LogP contribution in [0.1, 0.15) is 17.0 Å². The highest BCUT2D eigenvalue weighted by Gasteiger charge is 2.23. The van der Waals surface area contributed by atoms with Crippen molar-refractivity contribution in [2.45, 2.75) is 25.6 Å². The maximum Gasteiger partial charge on any atom is 0.237 e. The van der Waals surface area contributed by atoms with E-state index < -0.39 is 0 Å². The van der Waals surface area contributed by atoms with E-state index in [4.69, 9.17) is 0 Å². The van der Waals surface area contributed by atoms with Gasteiger partial charge in [0, 0.05) is 13.6 Å². The van der Waals surface area contributed by atoms with Crippen molar-refractivity contribution in [2.24, 2.45) is 7.05 Å². The van der Waals surface area contributed by atoms with Crippen LogP contribution in [0.5, 0.6) is 0 Å². The number of carbonyl (C=O) groups excluding carboxylic acids is 1. The third kappa shape index (κ3) is 2.55. The number of nitrogens with zero attached hydrogens (tertiary/aromatic N) is 3. The number of aryl methyl sites for hydroxylation is 1. The minimum Gasteiger partial charge on any atom is -0.347 e. The molecule has 2 heterocycles. The molecule has 0 radical (unpaired) electrons. The summed E-state index contributed by atoms with van der Waals surface area (Å²) in [5.74, 6) is 0.747. The van der Waals surface area contributed by atoms with E-state index in [0.717, 1.165) is 18.8 Å². The Bertz CT molecular complexity index is 622. The van der Waals surface area contributed by atoms with Crippen LogP contribution >= 0.6 is 0 Å². The molecule has 1 aromatic carbocycles. The van der Waals surface area contributed by atoms with Gasteiger partial charge in [0.25, 0.3) is 0 Å². The fourth-order valence-electron chi connectivity index (χ4n) is 2.40. The highest BCUT2D eigenvalue weighted by Crippen LogP contribution is 2.16. The van der Waals surface area contributed by atoms with Crippen molar-refractivity contribution in [3.8, 4) is 0 Å². The van der Waals surface area contributed by atoms with Gasteiger partial charge in [-0.25, -0.2) is 0 Å². The van der Waals surface area contributed by atoms with E-state index in [9.17, 15) is 4.79 Å². The summed E-state index contributed by atoms with van der Waals surface area (Å²) in [6, 6.07) is 8.03. The minimum atomic E-state index is -0.182. The lowest BCUT2D eigenvalue weighted by molar-refractivity contribution is -0.123. The molecule has 1 atom stereocenters. The number of benzene rings is 1. The van der Waals surface area contributed by atoms with Crippen LogP contribution in [0.15, 0.2) is 30.6 Å². The third-order valence-corrected chi connectivity index (χ3v) is 3.62. The molecule has 1 aromatic heterocycles. The molecule has 6 nitrogen and oxygen atoms in total. The van der Waals surface area contributed by atoms with Gasteiger partial charge in [-0.2, -0.15) is 0 Å². The number of hydrogen-bond acceptors (Lipinski definition) is 4. The largest absolute Gasteiger partial charge is 0.347 e. The highest BCUT2D eigenvalue weighted by atomic mass is 16.2. The Labute approximate surface area is 117 Å². The Morgan fingerprint density at radius 3 is 3.00 bits per heavy atom. The number of amides is 1. The summed E-state index contributed by atoms with van der Waals surface area (Å²) < 4.78 is 1.80. The fraction of sp³-hybridized carbons (Fsp3) is 0.357. The van der Waals surface area contributed by atoms with Crippen molar-refractivity contribution in [2.75, 3.05) is 0 Å². The van der Waals surface area contributed by atoms with Crippen molar-refractivity contribution in [1.29, 1.82) is 0 Å². The van der Waals surface area contributed by atoms with Crippen LogP contribution < -0.4 is 10.6 Å². The van der Waals surface area contributed by atoms with Crippen LogP contribution in [-0.4, -0.2) is 26.7 Å². The Morgan fingerprint density at radius 2 is 2.25 bits per heavy atom. The topological polar surface area (TPSA) is 71.8 Å². The summed E-state index contributed by atoms with van der Waals surface area (Å²) >= 11 is 0. The summed E-state index contributed by atoms with van der Waals surface area (Å²) in [5, 5.41) is 13.9. The van der Waals surface area contributed by atoms with Gasteiger partial charge in [-0.05, 0) is 17.5 Å². The first-order chi connectivity index (χ1) is 9.74. The molecule has 1 unspecified atom stereocenters. The molecule has 0 aliphatic carbocycles. The smallest absolute Gasteiger partial charge is 0.237 e. The van der Waals surface area contributed by atoms with Crippen LogP contribution in [0.4, 0.5) is 0 Å². The maximum absolute atomic E-state index is 12.2. The molecule has 0 saturated heterocycles. The van der Waals surface area contributed by atoms with E-state index in [1.54, 1.807) is 10.9 Å². The van der Waals surface area contributed by atoms with Crippen molar-refractivity contribution < 1.29 is 4.79 Å². The van der Waals surface area contributed by atoms with Crippen molar-refractivity contribution in [1.82, 2.24) is 25.4 Å². The minimum absolute atomic E-state index is 0.00232. The van der Waals surface area contributed by atoms with Crippen LogP contribution in [0, 0.1) is 0 Å². The maximum atomic E-state index is 12.2. The Balaban J connectivity index is 1.60. The lowest BCUT2D eigenvalue weighted by Gasteiger charge is -2.25. The first-order valence-electron chi connectivity index (χ1n) is 6.65. The van der Waals surface area contributed by atoms with Gasteiger partial charge in [0.15, 0.2) is 5.82 Å². The molecule has 0 fully saturated rings. The van der Waals surface area contributed by atoms with Gasteiger partial charge in [-0.1, -0.05) is 24.3 Å². The predicted octanol–water partition coefficient (Wildman–Crippen LogP) is 0.146. The summed E-state index contributed by atoms with van der Waals surface area (Å²) in [7, 11) is 1.86. The molecule has 1 aliphatic rings. The summed E-state index contributed by atoms with van der Waals surface area (Å²) in [5.41, 5.74) is 2.51. The second kappa shape index (κ2) is 5.42. The lowest BCUT2D eigenvalue weighted by Crippen LogP contribution is -2.47. The van der Waals surface area contributed by atoms with E-state index in [1.807, 2.05) is 19.2 Å².